The number of hydrogen-bond donors (Lipinski definition) is 1. The molecule has 112 valence electrons. The zero-order valence-electron chi connectivity index (χ0n) is 12.7. The summed E-state index contributed by atoms with van der Waals surface area (Å²) in [5.74, 6) is 0.668. The van der Waals surface area contributed by atoms with E-state index >= 15 is 0 Å². The third kappa shape index (κ3) is 3.20. The first kappa shape index (κ1) is 15.0. The van der Waals surface area contributed by atoms with Gasteiger partial charge in [0.1, 0.15) is 11.4 Å². The van der Waals surface area contributed by atoms with E-state index in [1.165, 1.54) is 0 Å². The Kier molecular flexibility index (Phi) is 4.81. The lowest BCUT2D eigenvalue weighted by atomic mass is 10.1. The van der Waals surface area contributed by atoms with Crippen molar-refractivity contribution in [2.24, 2.45) is 5.92 Å². The van der Waals surface area contributed by atoms with E-state index in [0.29, 0.717) is 17.3 Å². The maximum absolute atomic E-state index is 11.8. The Labute approximate surface area is 120 Å². The van der Waals surface area contributed by atoms with E-state index in [4.69, 9.17) is 0 Å². The van der Waals surface area contributed by atoms with Crippen LogP contribution in [0, 0.1) is 5.92 Å². The molecule has 1 fully saturated rings. The molecule has 0 atom stereocenters. The lowest BCUT2D eigenvalue weighted by molar-refractivity contribution is 0.312. The Bertz CT molecular complexity index is 509. The Morgan fingerprint density at radius 2 is 1.75 bits per heavy atom. The van der Waals surface area contributed by atoms with Crippen LogP contribution in [0.25, 0.3) is 0 Å². The zero-order valence-corrected chi connectivity index (χ0v) is 12.7. The van der Waals surface area contributed by atoms with Crippen LogP contribution < -0.4 is 21.1 Å². The van der Waals surface area contributed by atoms with Crippen LogP contribution in [0.2, 0.25) is 0 Å². The van der Waals surface area contributed by atoms with Gasteiger partial charge in [0.25, 0.3) is 10.9 Å². The van der Waals surface area contributed by atoms with Crippen LogP contribution in [0.15, 0.2) is 9.59 Å². The van der Waals surface area contributed by atoms with Gasteiger partial charge >= 0.3 is 0 Å². The molecule has 1 saturated heterocycles. The molecular weight excluding hydrogens is 254 g/mol. The third-order valence-corrected chi connectivity index (χ3v) is 3.96. The van der Waals surface area contributed by atoms with Crippen molar-refractivity contribution < 1.29 is 0 Å². The highest BCUT2D eigenvalue weighted by Crippen LogP contribution is 2.21. The quantitative estimate of drug-likeness (QED) is 0.619. The molecule has 2 rings (SSSR count). The van der Waals surface area contributed by atoms with E-state index in [2.05, 4.69) is 36.0 Å². The summed E-state index contributed by atoms with van der Waals surface area (Å²) in [6.45, 7) is 8.66. The molecule has 0 amide bonds. The fourth-order valence-electron chi connectivity index (χ4n) is 2.60. The SMILES string of the molecule is CC(C)CCCNc1c(N2CCN(C)CC2)c(=O)c1=O. The van der Waals surface area contributed by atoms with Gasteiger partial charge in [-0.25, -0.2) is 0 Å². The fraction of sp³-hybridized carbons (Fsp3) is 0.733. The zero-order chi connectivity index (χ0) is 14.7. The molecule has 1 aliphatic rings. The lowest BCUT2D eigenvalue weighted by Crippen LogP contribution is -2.50. The second kappa shape index (κ2) is 6.39. The molecule has 1 aliphatic heterocycles. The van der Waals surface area contributed by atoms with Crippen molar-refractivity contribution in [2.45, 2.75) is 26.7 Å². The van der Waals surface area contributed by atoms with Crippen molar-refractivity contribution in [3.8, 4) is 0 Å². The first-order valence-corrected chi connectivity index (χ1v) is 7.51. The molecule has 20 heavy (non-hydrogen) atoms. The van der Waals surface area contributed by atoms with Crippen LogP contribution >= 0.6 is 0 Å². The second-order valence-corrected chi connectivity index (χ2v) is 6.14. The highest BCUT2D eigenvalue weighted by atomic mass is 16.2. The molecular formula is C15H25N3O2. The fourth-order valence-corrected chi connectivity index (χ4v) is 2.60. The number of nitrogens with one attached hydrogen (secondary N) is 1. The highest BCUT2D eigenvalue weighted by molar-refractivity contribution is 5.75. The largest absolute Gasteiger partial charge is 0.380 e. The maximum atomic E-state index is 11.8. The molecule has 0 spiro atoms. The van der Waals surface area contributed by atoms with Gasteiger partial charge in [-0.3, -0.25) is 9.59 Å². The van der Waals surface area contributed by atoms with Gasteiger partial charge in [-0.15, -0.1) is 0 Å². The summed E-state index contributed by atoms with van der Waals surface area (Å²) in [4.78, 5) is 27.8. The minimum absolute atomic E-state index is 0.319. The van der Waals surface area contributed by atoms with E-state index in [9.17, 15) is 9.59 Å². The Balaban J connectivity index is 1.95. The van der Waals surface area contributed by atoms with Gasteiger partial charge in [-0.1, -0.05) is 13.8 Å². The van der Waals surface area contributed by atoms with Crippen LogP contribution in [0.5, 0.6) is 0 Å². The van der Waals surface area contributed by atoms with Gasteiger partial charge in [-0.2, -0.15) is 0 Å². The molecule has 0 saturated carbocycles. The molecule has 0 aliphatic carbocycles. The second-order valence-electron chi connectivity index (χ2n) is 6.14. The number of nitrogens with zero attached hydrogens (tertiary/aromatic N) is 2. The van der Waals surface area contributed by atoms with Crippen LogP contribution in [0.1, 0.15) is 26.7 Å². The topological polar surface area (TPSA) is 52.6 Å². The molecule has 0 bridgehead atoms. The van der Waals surface area contributed by atoms with Crippen molar-refractivity contribution >= 4 is 11.4 Å². The van der Waals surface area contributed by atoms with Gasteiger partial charge in [0.2, 0.25) is 0 Å². The molecule has 1 aromatic rings. The Morgan fingerprint density at radius 1 is 1.10 bits per heavy atom. The molecule has 0 aromatic heterocycles. The number of rotatable bonds is 6. The number of piperazine rings is 1. The molecule has 5 nitrogen and oxygen atoms in total. The van der Waals surface area contributed by atoms with E-state index in [-0.39, 0.29) is 10.9 Å². The minimum Gasteiger partial charge on any atom is -0.380 e. The minimum atomic E-state index is -0.344. The lowest BCUT2D eigenvalue weighted by Gasteiger charge is -2.35. The molecule has 0 unspecified atom stereocenters. The van der Waals surface area contributed by atoms with Crippen molar-refractivity contribution in [1.29, 1.82) is 0 Å². The van der Waals surface area contributed by atoms with Gasteiger partial charge in [0.15, 0.2) is 0 Å². The first-order chi connectivity index (χ1) is 9.50. The normalized spacial score (nSPS) is 17.1. The molecule has 5 heteroatoms. The van der Waals surface area contributed by atoms with E-state index in [0.717, 1.165) is 45.6 Å². The molecule has 1 N–H and O–H groups in total. The smallest absolute Gasteiger partial charge is 0.253 e. The third-order valence-electron chi connectivity index (χ3n) is 3.96. The number of anilines is 2. The first-order valence-electron chi connectivity index (χ1n) is 7.51. The molecule has 1 heterocycles. The van der Waals surface area contributed by atoms with E-state index < -0.39 is 0 Å². The predicted octanol–water partition coefficient (Wildman–Crippen LogP) is 0.882. The summed E-state index contributed by atoms with van der Waals surface area (Å²) in [6.07, 6.45) is 2.16. The van der Waals surface area contributed by atoms with E-state index in [1.54, 1.807) is 0 Å². The average Bonchev–Trinajstić information content (AvgIpc) is 2.42. The van der Waals surface area contributed by atoms with E-state index in [1.807, 2.05) is 0 Å². The molecule has 0 radical (unpaired) electrons. The van der Waals surface area contributed by atoms with Gasteiger partial charge in [-0.05, 0) is 25.8 Å². The van der Waals surface area contributed by atoms with Crippen molar-refractivity contribution in [2.75, 3.05) is 50.0 Å². The van der Waals surface area contributed by atoms with Crippen LogP contribution in [0.3, 0.4) is 0 Å². The van der Waals surface area contributed by atoms with Crippen molar-refractivity contribution in [3.05, 3.63) is 20.4 Å². The summed E-state index contributed by atoms with van der Waals surface area (Å²) in [5, 5.41) is 3.17. The van der Waals surface area contributed by atoms with Gasteiger partial charge < -0.3 is 15.1 Å². The summed E-state index contributed by atoms with van der Waals surface area (Å²) in [7, 11) is 2.07. The molecule has 1 aromatic carbocycles. The number of hydrogen-bond acceptors (Lipinski definition) is 5. The summed E-state index contributed by atoms with van der Waals surface area (Å²) >= 11 is 0. The average molecular weight is 279 g/mol. The Morgan fingerprint density at radius 3 is 2.35 bits per heavy atom. The maximum Gasteiger partial charge on any atom is 0.253 e. The standard InChI is InChI=1S/C15H25N3O2/c1-11(2)5-4-6-16-12-13(15(20)14(12)19)18-9-7-17(3)8-10-18/h11,16H,4-10H2,1-3H3. The van der Waals surface area contributed by atoms with Gasteiger partial charge in [0, 0.05) is 32.7 Å². The summed E-state index contributed by atoms with van der Waals surface area (Å²) < 4.78 is 0. The van der Waals surface area contributed by atoms with Crippen LogP contribution in [-0.2, 0) is 0 Å². The predicted molar refractivity (Wildman–Crippen MR) is 83.6 cm³/mol. The monoisotopic (exact) mass is 279 g/mol. The van der Waals surface area contributed by atoms with Crippen molar-refractivity contribution in [3.63, 3.8) is 0 Å². The van der Waals surface area contributed by atoms with Crippen LogP contribution in [-0.4, -0.2) is 44.7 Å². The number of likely N-dealkylation sites (N-methyl/N-ethyl adjacent to an activating group) is 1. The van der Waals surface area contributed by atoms with Crippen molar-refractivity contribution in [1.82, 2.24) is 4.90 Å². The van der Waals surface area contributed by atoms with Gasteiger partial charge in [0.05, 0.1) is 0 Å². The highest BCUT2D eigenvalue weighted by Gasteiger charge is 2.27. The summed E-state index contributed by atoms with van der Waals surface area (Å²) in [6, 6.07) is 0. The van der Waals surface area contributed by atoms with Crippen LogP contribution in [0.4, 0.5) is 11.4 Å². The summed E-state index contributed by atoms with van der Waals surface area (Å²) in [5.41, 5.74) is 0.500. The Hall–Kier alpha value is -1.36.